The molecule has 1 atom stereocenters. The van der Waals surface area contributed by atoms with Gasteiger partial charge in [0.25, 0.3) is 5.91 Å². The molecule has 5 rings (SSSR count). The van der Waals surface area contributed by atoms with E-state index in [1.54, 1.807) is 11.3 Å². The minimum atomic E-state index is 0.0418. The Morgan fingerprint density at radius 3 is 2.52 bits per heavy atom. The monoisotopic (exact) mass is 433 g/mol. The third kappa shape index (κ3) is 4.06. The Morgan fingerprint density at radius 1 is 1.13 bits per heavy atom. The van der Waals surface area contributed by atoms with Crippen LogP contribution in [-0.4, -0.2) is 44.9 Å². The van der Waals surface area contributed by atoms with Gasteiger partial charge in [0, 0.05) is 24.5 Å². The summed E-state index contributed by atoms with van der Waals surface area (Å²) in [5.41, 5.74) is 3.81. The first-order valence-corrected chi connectivity index (χ1v) is 11.6. The van der Waals surface area contributed by atoms with E-state index in [4.69, 9.17) is 0 Å². The molecule has 1 aliphatic heterocycles. The van der Waals surface area contributed by atoms with E-state index in [1.807, 2.05) is 62.1 Å². The maximum Gasteiger partial charge on any atom is 0.274 e. The van der Waals surface area contributed by atoms with Crippen LogP contribution in [0.5, 0.6) is 0 Å². The average Bonchev–Trinajstić information content (AvgIpc) is 3.22. The summed E-state index contributed by atoms with van der Waals surface area (Å²) < 4.78 is 0. The molecule has 1 spiro atoms. The molecule has 1 saturated heterocycles. The maximum absolute atomic E-state index is 13.7. The van der Waals surface area contributed by atoms with Crippen molar-refractivity contribution in [1.29, 1.82) is 0 Å². The molecule has 0 unspecified atom stereocenters. The molecule has 160 valence electrons. The van der Waals surface area contributed by atoms with Crippen molar-refractivity contribution in [2.24, 2.45) is 5.41 Å². The number of hydrogen-bond acceptors (Lipinski definition) is 6. The van der Waals surface area contributed by atoms with Crippen molar-refractivity contribution in [1.82, 2.24) is 19.9 Å². The fourth-order valence-electron chi connectivity index (χ4n) is 4.63. The van der Waals surface area contributed by atoms with Gasteiger partial charge in [0.15, 0.2) is 0 Å². The molecule has 2 aromatic heterocycles. The summed E-state index contributed by atoms with van der Waals surface area (Å²) in [5, 5.41) is 4.31. The Labute approximate surface area is 186 Å². The summed E-state index contributed by atoms with van der Waals surface area (Å²) in [5.74, 6) is 0.677. The molecule has 31 heavy (non-hydrogen) atoms. The molecular formula is C24H27N5OS. The van der Waals surface area contributed by atoms with Crippen LogP contribution < -0.4 is 5.32 Å². The predicted octanol–water partition coefficient (Wildman–Crippen LogP) is 4.63. The van der Waals surface area contributed by atoms with Crippen molar-refractivity contribution >= 4 is 23.2 Å². The van der Waals surface area contributed by atoms with Crippen LogP contribution >= 0.6 is 11.3 Å². The molecule has 2 fully saturated rings. The number of amides is 1. The van der Waals surface area contributed by atoms with Crippen LogP contribution in [0.2, 0.25) is 0 Å². The molecule has 3 heterocycles. The molecule has 7 heteroatoms. The smallest absolute Gasteiger partial charge is 0.274 e. The van der Waals surface area contributed by atoms with Gasteiger partial charge in [-0.1, -0.05) is 30.3 Å². The van der Waals surface area contributed by atoms with E-state index in [0.717, 1.165) is 39.8 Å². The van der Waals surface area contributed by atoms with Gasteiger partial charge in [0.1, 0.15) is 5.69 Å². The average molecular weight is 434 g/mol. The van der Waals surface area contributed by atoms with Gasteiger partial charge >= 0.3 is 0 Å². The summed E-state index contributed by atoms with van der Waals surface area (Å²) >= 11 is 1.59. The second-order valence-electron chi connectivity index (χ2n) is 8.92. The Hall–Kier alpha value is -2.80. The number of likely N-dealkylation sites (tertiary alicyclic amines) is 1. The highest BCUT2D eigenvalue weighted by Gasteiger charge is 2.53. The number of benzene rings is 1. The van der Waals surface area contributed by atoms with Gasteiger partial charge < -0.3 is 10.2 Å². The van der Waals surface area contributed by atoms with E-state index < -0.39 is 0 Å². The summed E-state index contributed by atoms with van der Waals surface area (Å²) in [4.78, 5) is 30.4. The van der Waals surface area contributed by atoms with Crippen molar-refractivity contribution in [3.05, 3.63) is 58.5 Å². The lowest BCUT2D eigenvalue weighted by molar-refractivity contribution is 0.0733. The highest BCUT2D eigenvalue weighted by atomic mass is 32.1. The highest BCUT2D eigenvalue weighted by Crippen LogP contribution is 2.55. The minimum absolute atomic E-state index is 0.0418. The molecule has 6 nitrogen and oxygen atoms in total. The fraction of sp³-hybridized carbons (Fsp3) is 0.417. The molecule has 3 aromatic rings. The molecular weight excluding hydrogens is 406 g/mol. The Morgan fingerprint density at radius 2 is 1.84 bits per heavy atom. The zero-order chi connectivity index (χ0) is 21.6. The van der Waals surface area contributed by atoms with E-state index in [9.17, 15) is 4.79 Å². The molecule has 0 radical (unpaired) electrons. The van der Waals surface area contributed by atoms with Crippen molar-refractivity contribution in [2.45, 2.75) is 46.1 Å². The number of aromatic nitrogens is 3. The number of carbonyl (C=O) groups is 1. The zero-order valence-electron chi connectivity index (χ0n) is 18.2. The summed E-state index contributed by atoms with van der Waals surface area (Å²) in [6, 6.07) is 12.2. The Bertz CT molecular complexity index is 1100. The van der Waals surface area contributed by atoms with Crippen molar-refractivity contribution < 1.29 is 4.79 Å². The van der Waals surface area contributed by atoms with Crippen molar-refractivity contribution in [3.8, 4) is 10.4 Å². The lowest BCUT2D eigenvalue weighted by Crippen LogP contribution is -2.40. The summed E-state index contributed by atoms with van der Waals surface area (Å²) in [7, 11) is 0. The van der Waals surface area contributed by atoms with Gasteiger partial charge in [-0.05, 0) is 57.1 Å². The largest absolute Gasteiger partial charge is 0.352 e. The first-order valence-electron chi connectivity index (χ1n) is 10.8. The lowest BCUT2D eigenvalue weighted by Gasteiger charge is -2.24. The molecule has 1 saturated carbocycles. The number of thiazole rings is 1. The van der Waals surface area contributed by atoms with E-state index >= 15 is 0 Å². The van der Waals surface area contributed by atoms with Gasteiger partial charge in [0.05, 0.1) is 15.9 Å². The van der Waals surface area contributed by atoms with Crippen LogP contribution in [0, 0.1) is 26.2 Å². The zero-order valence-corrected chi connectivity index (χ0v) is 19.0. The topological polar surface area (TPSA) is 71.0 Å². The minimum Gasteiger partial charge on any atom is -0.352 e. The third-order valence-electron chi connectivity index (χ3n) is 6.28. The van der Waals surface area contributed by atoms with Crippen LogP contribution in [0.15, 0.2) is 36.4 Å². The van der Waals surface area contributed by atoms with Crippen LogP contribution in [0.4, 0.5) is 5.95 Å². The molecule has 1 aliphatic carbocycles. The first-order chi connectivity index (χ1) is 14.9. The fourth-order valence-corrected chi connectivity index (χ4v) is 5.55. The summed E-state index contributed by atoms with van der Waals surface area (Å²) in [6.45, 7) is 7.38. The summed E-state index contributed by atoms with van der Waals surface area (Å²) in [6.07, 6.45) is 3.43. The number of anilines is 1. The third-order valence-corrected chi connectivity index (χ3v) is 7.30. The van der Waals surface area contributed by atoms with E-state index in [0.29, 0.717) is 23.6 Å². The van der Waals surface area contributed by atoms with Gasteiger partial charge in [0.2, 0.25) is 5.95 Å². The number of aryl methyl sites for hydroxylation is 3. The number of rotatable bonds is 5. The second-order valence-corrected chi connectivity index (χ2v) is 10.1. The number of nitrogens with one attached hydrogen (secondary N) is 1. The lowest BCUT2D eigenvalue weighted by atomic mass is 10.0. The van der Waals surface area contributed by atoms with Gasteiger partial charge in [-0.3, -0.25) is 4.79 Å². The van der Waals surface area contributed by atoms with Crippen molar-refractivity contribution in [3.63, 3.8) is 0 Å². The number of hydrogen-bond donors (Lipinski definition) is 1. The van der Waals surface area contributed by atoms with Crippen molar-refractivity contribution in [2.75, 3.05) is 18.4 Å². The number of nitrogens with zero attached hydrogens (tertiary/aromatic N) is 4. The van der Waals surface area contributed by atoms with E-state index in [2.05, 4.69) is 20.3 Å². The van der Waals surface area contributed by atoms with E-state index in [1.165, 1.54) is 12.8 Å². The molecule has 1 aromatic carbocycles. The molecule has 1 amide bonds. The maximum atomic E-state index is 13.7. The van der Waals surface area contributed by atoms with Crippen LogP contribution in [0.1, 0.15) is 46.1 Å². The van der Waals surface area contributed by atoms with Crippen LogP contribution in [-0.2, 0) is 0 Å². The normalized spacial score (nSPS) is 19.1. The van der Waals surface area contributed by atoms with Gasteiger partial charge in [-0.2, -0.15) is 0 Å². The van der Waals surface area contributed by atoms with Crippen LogP contribution in [0.25, 0.3) is 10.4 Å². The molecule has 2 aliphatic rings. The van der Waals surface area contributed by atoms with Crippen LogP contribution in [0.3, 0.4) is 0 Å². The second kappa shape index (κ2) is 7.71. The standard InChI is InChI=1S/C24H27N5OS/c1-15-11-16(2)27-23(26-15)25-13-19-12-24(9-10-24)14-29(19)22(30)20-21(31-17(3)28-20)18-7-5-4-6-8-18/h4-8,11,19H,9-10,12-14H2,1-3H3,(H,25,26,27)/t19-/m0/s1. The highest BCUT2D eigenvalue weighted by molar-refractivity contribution is 7.15. The molecule has 0 bridgehead atoms. The number of carbonyl (C=O) groups excluding carboxylic acids is 1. The predicted molar refractivity (Wildman–Crippen MR) is 123 cm³/mol. The SMILES string of the molecule is Cc1cc(C)nc(NC[C@@H]2CC3(CC3)CN2C(=O)c2nc(C)sc2-c2ccccc2)n1. The van der Waals surface area contributed by atoms with Gasteiger partial charge in [-0.25, -0.2) is 15.0 Å². The first kappa shape index (κ1) is 20.1. The quantitative estimate of drug-likeness (QED) is 0.635. The Kier molecular flexibility index (Phi) is 5.01. The Balaban J connectivity index is 1.40. The van der Waals surface area contributed by atoms with Gasteiger partial charge in [-0.15, -0.1) is 11.3 Å². The van der Waals surface area contributed by atoms with E-state index in [-0.39, 0.29) is 11.9 Å². The molecule has 1 N–H and O–H groups in total.